The Bertz CT molecular complexity index is 1140. The normalized spacial score (nSPS) is 11.2. The molecule has 0 bridgehead atoms. The zero-order chi connectivity index (χ0) is 21.0. The monoisotopic (exact) mass is 479 g/mol. The van der Waals surface area contributed by atoms with Crippen molar-refractivity contribution in [2.45, 2.75) is 18.4 Å². The van der Waals surface area contributed by atoms with E-state index in [0.717, 1.165) is 4.47 Å². The molecule has 0 saturated heterocycles. The van der Waals surface area contributed by atoms with Crippen LogP contribution in [0.25, 0.3) is 0 Å². The highest BCUT2D eigenvalue weighted by Gasteiger charge is 2.17. The van der Waals surface area contributed by atoms with Crippen molar-refractivity contribution in [2.75, 3.05) is 11.1 Å². The number of hydrogen-bond donors (Lipinski definition) is 2. The molecule has 7 nitrogen and oxygen atoms in total. The van der Waals surface area contributed by atoms with Gasteiger partial charge in [-0.25, -0.2) is 8.42 Å². The maximum absolute atomic E-state index is 12.4. The van der Waals surface area contributed by atoms with Crippen molar-refractivity contribution in [3.05, 3.63) is 70.6 Å². The molecule has 3 rings (SSSR count). The Morgan fingerprint density at radius 1 is 1.17 bits per heavy atom. The van der Waals surface area contributed by atoms with Crippen LogP contribution in [0.1, 0.15) is 23.2 Å². The number of phenols is 1. The lowest BCUT2D eigenvalue weighted by atomic mass is 10.3. The second-order valence-corrected chi connectivity index (χ2v) is 9.15. The summed E-state index contributed by atoms with van der Waals surface area (Å²) in [6, 6.07) is 14.1. The van der Waals surface area contributed by atoms with E-state index >= 15 is 0 Å². The summed E-state index contributed by atoms with van der Waals surface area (Å²) in [6.45, 7) is 1.63. The van der Waals surface area contributed by atoms with E-state index in [0.29, 0.717) is 11.5 Å². The molecule has 0 spiro atoms. The number of anilines is 1. The largest absolute Gasteiger partial charge is 0.506 e. The smallest absolute Gasteiger partial charge is 0.291 e. The number of carbonyl (C=O) groups is 1. The summed E-state index contributed by atoms with van der Waals surface area (Å²) in [5.41, 5.74) is -0.0214. The van der Waals surface area contributed by atoms with Gasteiger partial charge in [-0.05, 0) is 58.4 Å². The minimum Gasteiger partial charge on any atom is -0.506 e. The predicted molar refractivity (Wildman–Crippen MR) is 111 cm³/mol. The van der Waals surface area contributed by atoms with Crippen molar-refractivity contribution in [3.8, 4) is 11.5 Å². The highest BCUT2D eigenvalue weighted by molar-refractivity contribution is 9.10. The number of halogens is 1. The van der Waals surface area contributed by atoms with Gasteiger partial charge in [-0.15, -0.1) is 0 Å². The third-order valence-electron chi connectivity index (χ3n) is 4.05. The van der Waals surface area contributed by atoms with E-state index in [1.807, 2.05) is 18.2 Å². The number of sulfone groups is 1. The number of nitrogens with one attached hydrogen (secondary N) is 1. The summed E-state index contributed by atoms with van der Waals surface area (Å²) in [7, 11) is -3.48. The number of amides is 1. The molecular formula is C20H18BrNO6S. The van der Waals surface area contributed by atoms with Gasteiger partial charge < -0.3 is 19.6 Å². The van der Waals surface area contributed by atoms with Gasteiger partial charge in [0.1, 0.15) is 23.9 Å². The van der Waals surface area contributed by atoms with E-state index in [4.69, 9.17) is 9.15 Å². The molecular weight excluding hydrogens is 462 g/mol. The van der Waals surface area contributed by atoms with Crippen molar-refractivity contribution in [3.63, 3.8) is 0 Å². The lowest BCUT2D eigenvalue weighted by molar-refractivity contribution is 0.0992. The lowest BCUT2D eigenvalue weighted by Gasteiger charge is -2.09. The van der Waals surface area contributed by atoms with Crippen LogP contribution in [-0.2, 0) is 16.4 Å². The van der Waals surface area contributed by atoms with Crippen LogP contribution < -0.4 is 10.1 Å². The van der Waals surface area contributed by atoms with Crippen LogP contribution in [0.5, 0.6) is 11.5 Å². The Balaban J connectivity index is 1.71. The van der Waals surface area contributed by atoms with Crippen LogP contribution in [0, 0.1) is 0 Å². The molecule has 3 aromatic rings. The molecule has 0 saturated carbocycles. The van der Waals surface area contributed by atoms with Gasteiger partial charge >= 0.3 is 0 Å². The Labute approximate surface area is 176 Å². The molecule has 0 atom stereocenters. The lowest BCUT2D eigenvalue weighted by Crippen LogP contribution is -2.12. The molecule has 1 aromatic heterocycles. The number of ether oxygens (including phenoxy) is 1. The molecule has 152 valence electrons. The third-order valence-corrected chi connectivity index (χ3v) is 6.43. The first-order valence-corrected chi connectivity index (χ1v) is 11.1. The van der Waals surface area contributed by atoms with E-state index in [2.05, 4.69) is 21.2 Å². The third kappa shape index (κ3) is 4.99. The van der Waals surface area contributed by atoms with Crippen LogP contribution in [-0.4, -0.2) is 25.2 Å². The number of furan rings is 1. The summed E-state index contributed by atoms with van der Waals surface area (Å²) in [4.78, 5) is 12.4. The fraction of sp³-hybridized carbons (Fsp3) is 0.150. The fourth-order valence-electron chi connectivity index (χ4n) is 2.45. The summed E-state index contributed by atoms with van der Waals surface area (Å²) in [5.74, 6) is 0.0885. The topological polar surface area (TPSA) is 106 Å². The summed E-state index contributed by atoms with van der Waals surface area (Å²) in [5, 5.41) is 12.4. The quantitative estimate of drug-likeness (QED) is 0.487. The van der Waals surface area contributed by atoms with Crippen molar-refractivity contribution < 1.29 is 27.5 Å². The van der Waals surface area contributed by atoms with Crippen LogP contribution in [0.2, 0.25) is 0 Å². The van der Waals surface area contributed by atoms with Gasteiger partial charge in [0.15, 0.2) is 15.6 Å². The highest BCUT2D eigenvalue weighted by atomic mass is 79.9. The van der Waals surface area contributed by atoms with Crippen LogP contribution >= 0.6 is 15.9 Å². The van der Waals surface area contributed by atoms with Crippen LogP contribution in [0.15, 0.2) is 68.4 Å². The second-order valence-electron chi connectivity index (χ2n) is 6.02. The molecule has 29 heavy (non-hydrogen) atoms. The second kappa shape index (κ2) is 8.71. The molecule has 0 fully saturated rings. The van der Waals surface area contributed by atoms with Crippen LogP contribution in [0.4, 0.5) is 5.69 Å². The molecule has 2 N–H and O–H groups in total. The van der Waals surface area contributed by atoms with Gasteiger partial charge in [-0.3, -0.25) is 4.79 Å². The average Bonchev–Trinajstić information content (AvgIpc) is 3.18. The number of benzene rings is 2. The average molecular weight is 480 g/mol. The van der Waals surface area contributed by atoms with Crippen molar-refractivity contribution in [1.29, 1.82) is 0 Å². The standard InChI is InChI=1S/C20H18BrNO6S/c1-2-29(25,26)14-8-9-17(23)16(11-14)22-20(24)19-10-7-13(28-19)12-27-18-6-4-3-5-15(18)21/h3-11,23H,2,12H2,1H3,(H,22,24). The van der Waals surface area contributed by atoms with Gasteiger partial charge in [0.2, 0.25) is 0 Å². The van der Waals surface area contributed by atoms with Gasteiger partial charge in [-0.1, -0.05) is 19.1 Å². The first-order valence-electron chi connectivity index (χ1n) is 8.63. The number of aromatic hydroxyl groups is 1. The molecule has 9 heteroatoms. The van der Waals surface area contributed by atoms with E-state index in [1.165, 1.54) is 31.2 Å². The van der Waals surface area contributed by atoms with E-state index in [-0.39, 0.29) is 34.5 Å². The maximum atomic E-state index is 12.4. The number of phenolic OH excluding ortho intramolecular Hbond substituents is 1. The summed E-state index contributed by atoms with van der Waals surface area (Å²) in [6.07, 6.45) is 0. The number of rotatable bonds is 7. The minimum atomic E-state index is -3.48. The Kier molecular flexibility index (Phi) is 6.29. The first-order chi connectivity index (χ1) is 13.8. The Morgan fingerprint density at radius 2 is 1.93 bits per heavy atom. The number of para-hydroxylation sites is 1. The van der Waals surface area contributed by atoms with Gasteiger partial charge in [0.05, 0.1) is 20.8 Å². The Morgan fingerprint density at radius 3 is 2.66 bits per heavy atom. The summed E-state index contributed by atoms with van der Waals surface area (Å²) >= 11 is 3.38. The van der Waals surface area contributed by atoms with Gasteiger partial charge in [0, 0.05) is 0 Å². The van der Waals surface area contributed by atoms with Crippen molar-refractivity contribution >= 4 is 37.4 Å². The zero-order valence-electron chi connectivity index (χ0n) is 15.4. The zero-order valence-corrected chi connectivity index (χ0v) is 17.8. The number of carbonyl (C=O) groups excluding carboxylic acids is 1. The summed E-state index contributed by atoms with van der Waals surface area (Å²) < 4.78 is 35.9. The van der Waals surface area contributed by atoms with E-state index in [9.17, 15) is 18.3 Å². The number of hydrogen-bond acceptors (Lipinski definition) is 6. The van der Waals surface area contributed by atoms with Crippen LogP contribution in [0.3, 0.4) is 0 Å². The van der Waals surface area contributed by atoms with E-state index < -0.39 is 15.7 Å². The Hall–Kier alpha value is -2.78. The molecule has 2 aromatic carbocycles. The highest BCUT2D eigenvalue weighted by Crippen LogP contribution is 2.28. The minimum absolute atomic E-state index is 0.00104. The molecule has 0 radical (unpaired) electrons. The predicted octanol–water partition coefficient (Wildman–Crippen LogP) is 4.37. The molecule has 0 unspecified atom stereocenters. The van der Waals surface area contributed by atoms with Crippen molar-refractivity contribution in [2.24, 2.45) is 0 Å². The van der Waals surface area contributed by atoms with Crippen molar-refractivity contribution in [1.82, 2.24) is 0 Å². The first kappa shape index (κ1) is 20.9. The molecule has 0 aliphatic rings. The molecule has 0 aliphatic carbocycles. The van der Waals surface area contributed by atoms with E-state index in [1.54, 1.807) is 12.1 Å². The molecule has 0 aliphatic heterocycles. The molecule has 1 amide bonds. The fourth-order valence-corrected chi connectivity index (χ4v) is 3.75. The molecule has 1 heterocycles. The van der Waals surface area contributed by atoms with Gasteiger partial charge in [0.25, 0.3) is 5.91 Å². The van der Waals surface area contributed by atoms with Gasteiger partial charge in [-0.2, -0.15) is 0 Å². The SMILES string of the molecule is CCS(=O)(=O)c1ccc(O)c(NC(=O)c2ccc(COc3ccccc3Br)o2)c1. The maximum Gasteiger partial charge on any atom is 0.291 e.